The van der Waals surface area contributed by atoms with E-state index in [0.717, 1.165) is 16.5 Å². The van der Waals surface area contributed by atoms with Gasteiger partial charge in [-0.25, -0.2) is 0 Å². The number of aromatic nitrogens is 2. The third kappa shape index (κ3) is 1.85. The van der Waals surface area contributed by atoms with E-state index in [1.165, 1.54) is 11.8 Å². The Hall–Kier alpha value is -1.66. The monoisotopic (exact) mass is 261 g/mol. The fourth-order valence-electron chi connectivity index (χ4n) is 1.68. The minimum absolute atomic E-state index is 0.136. The Morgan fingerprint density at radius 2 is 2.35 bits per heavy atom. The van der Waals surface area contributed by atoms with Gasteiger partial charge < -0.3 is 10.3 Å². The average molecular weight is 261 g/mol. The topological polar surface area (TPSA) is 57.8 Å². The van der Waals surface area contributed by atoms with Crippen LogP contribution in [-0.4, -0.2) is 20.2 Å². The van der Waals surface area contributed by atoms with Crippen molar-refractivity contribution >= 4 is 51.2 Å². The fraction of sp³-hybridized carbons (Fsp3) is 0. The molecule has 0 saturated carbocycles. The summed E-state index contributed by atoms with van der Waals surface area (Å²) < 4.78 is 0.503. The van der Waals surface area contributed by atoms with Gasteiger partial charge in [0.2, 0.25) is 0 Å². The summed E-state index contributed by atoms with van der Waals surface area (Å²) in [4.78, 5) is 19.3. The highest BCUT2D eigenvalue weighted by molar-refractivity contribution is 8.26. The SMILES string of the molecule is O=C1NC(=S)S/C1=C\c1c[nH]c2cnccc12. The number of nitrogens with zero attached hydrogens (tertiary/aromatic N) is 1. The summed E-state index contributed by atoms with van der Waals surface area (Å²) in [6.07, 6.45) is 7.17. The third-order valence-corrected chi connectivity index (χ3v) is 3.61. The Morgan fingerprint density at radius 1 is 1.47 bits per heavy atom. The molecule has 1 amide bonds. The van der Waals surface area contributed by atoms with Crippen LogP contribution in [0.1, 0.15) is 5.56 Å². The Balaban J connectivity index is 2.08. The van der Waals surface area contributed by atoms with E-state index < -0.39 is 0 Å². The lowest BCUT2D eigenvalue weighted by Gasteiger charge is -1.92. The van der Waals surface area contributed by atoms with Gasteiger partial charge in [-0.05, 0) is 12.1 Å². The number of hydrogen-bond donors (Lipinski definition) is 2. The molecule has 4 nitrogen and oxygen atoms in total. The van der Waals surface area contributed by atoms with Gasteiger partial charge in [0.15, 0.2) is 0 Å². The van der Waals surface area contributed by atoms with E-state index in [0.29, 0.717) is 9.23 Å². The van der Waals surface area contributed by atoms with E-state index in [9.17, 15) is 4.79 Å². The van der Waals surface area contributed by atoms with E-state index in [1.54, 1.807) is 12.4 Å². The fourth-order valence-corrected chi connectivity index (χ4v) is 2.71. The maximum absolute atomic E-state index is 11.5. The van der Waals surface area contributed by atoms with Crippen LogP contribution in [0.25, 0.3) is 17.0 Å². The average Bonchev–Trinajstić information content (AvgIpc) is 2.85. The highest BCUT2D eigenvalue weighted by Gasteiger charge is 2.22. The van der Waals surface area contributed by atoms with Crippen LogP contribution < -0.4 is 5.32 Å². The molecule has 2 aromatic rings. The Bertz CT molecular complexity index is 660. The molecule has 0 radical (unpaired) electrons. The largest absolute Gasteiger partial charge is 0.359 e. The molecule has 3 heterocycles. The molecule has 84 valence electrons. The summed E-state index contributed by atoms with van der Waals surface area (Å²) >= 11 is 6.22. The molecule has 17 heavy (non-hydrogen) atoms. The van der Waals surface area contributed by atoms with E-state index in [2.05, 4.69) is 15.3 Å². The second-order valence-corrected chi connectivity index (χ2v) is 5.24. The van der Waals surface area contributed by atoms with Crippen molar-refractivity contribution in [2.75, 3.05) is 0 Å². The van der Waals surface area contributed by atoms with Crippen LogP contribution in [0.2, 0.25) is 0 Å². The Kier molecular flexibility index (Phi) is 2.45. The van der Waals surface area contributed by atoms with Gasteiger partial charge in [0.05, 0.1) is 16.6 Å². The molecule has 0 unspecified atom stereocenters. The molecule has 1 fully saturated rings. The lowest BCUT2D eigenvalue weighted by molar-refractivity contribution is -0.115. The second-order valence-electron chi connectivity index (χ2n) is 3.52. The number of nitrogens with one attached hydrogen (secondary N) is 2. The molecule has 0 atom stereocenters. The molecule has 3 rings (SSSR count). The number of thioether (sulfide) groups is 1. The summed E-state index contributed by atoms with van der Waals surface area (Å²) in [6, 6.07) is 1.91. The minimum atomic E-state index is -0.136. The summed E-state index contributed by atoms with van der Waals surface area (Å²) in [5, 5.41) is 3.63. The summed E-state index contributed by atoms with van der Waals surface area (Å²) in [5.41, 5.74) is 1.91. The van der Waals surface area contributed by atoms with Crippen LogP contribution in [0.4, 0.5) is 0 Å². The molecule has 2 aromatic heterocycles. The van der Waals surface area contributed by atoms with Crippen molar-refractivity contribution < 1.29 is 4.79 Å². The zero-order chi connectivity index (χ0) is 11.8. The number of pyridine rings is 1. The van der Waals surface area contributed by atoms with Crippen molar-refractivity contribution in [3.8, 4) is 0 Å². The van der Waals surface area contributed by atoms with Gasteiger partial charge in [-0.15, -0.1) is 0 Å². The Labute approximate surface area is 106 Å². The van der Waals surface area contributed by atoms with Gasteiger partial charge in [-0.2, -0.15) is 0 Å². The molecule has 0 aliphatic carbocycles. The highest BCUT2D eigenvalue weighted by Crippen LogP contribution is 2.28. The molecular weight excluding hydrogens is 254 g/mol. The second kappa shape index (κ2) is 3.97. The minimum Gasteiger partial charge on any atom is -0.359 e. The molecule has 1 aliphatic rings. The number of aromatic amines is 1. The number of hydrogen-bond acceptors (Lipinski definition) is 4. The van der Waals surface area contributed by atoms with Crippen LogP contribution >= 0.6 is 24.0 Å². The zero-order valence-electron chi connectivity index (χ0n) is 8.56. The van der Waals surface area contributed by atoms with Crippen LogP contribution in [-0.2, 0) is 4.79 Å². The summed E-state index contributed by atoms with van der Waals surface area (Å²) in [6.45, 7) is 0. The van der Waals surface area contributed by atoms with E-state index in [4.69, 9.17) is 12.2 Å². The van der Waals surface area contributed by atoms with Crippen LogP contribution in [0.3, 0.4) is 0 Å². The molecule has 1 saturated heterocycles. The number of H-pyrrole nitrogens is 1. The smallest absolute Gasteiger partial charge is 0.263 e. The standard InChI is InChI=1S/C11H7N3OS2/c15-10-9(17-11(16)14-10)3-6-4-13-8-5-12-2-1-7(6)8/h1-5,13H,(H,14,15,16)/b9-3-. The first-order chi connectivity index (χ1) is 8.24. The molecule has 0 aromatic carbocycles. The number of carbonyl (C=O) groups excluding carboxylic acids is 1. The van der Waals surface area contributed by atoms with Crippen molar-refractivity contribution in [3.63, 3.8) is 0 Å². The number of carbonyl (C=O) groups is 1. The van der Waals surface area contributed by atoms with Gasteiger partial charge in [0.25, 0.3) is 5.91 Å². The van der Waals surface area contributed by atoms with Crippen molar-refractivity contribution in [2.45, 2.75) is 0 Å². The lowest BCUT2D eigenvalue weighted by atomic mass is 10.2. The number of amides is 1. The van der Waals surface area contributed by atoms with Crippen molar-refractivity contribution in [1.29, 1.82) is 0 Å². The van der Waals surface area contributed by atoms with Gasteiger partial charge in [0.1, 0.15) is 4.32 Å². The number of thiocarbonyl (C=S) groups is 1. The maximum atomic E-state index is 11.5. The number of rotatable bonds is 1. The summed E-state index contributed by atoms with van der Waals surface area (Å²) in [5.74, 6) is -0.136. The normalized spacial score (nSPS) is 18.0. The molecule has 1 aliphatic heterocycles. The van der Waals surface area contributed by atoms with Gasteiger partial charge >= 0.3 is 0 Å². The van der Waals surface area contributed by atoms with Gasteiger partial charge in [0, 0.05) is 23.3 Å². The van der Waals surface area contributed by atoms with E-state index in [-0.39, 0.29) is 5.91 Å². The van der Waals surface area contributed by atoms with Crippen LogP contribution in [0, 0.1) is 0 Å². The number of fused-ring (bicyclic) bond motifs is 1. The van der Waals surface area contributed by atoms with E-state index >= 15 is 0 Å². The molecule has 0 bridgehead atoms. The maximum Gasteiger partial charge on any atom is 0.263 e. The van der Waals surface area contributed by atoms with Gasteiger partial charge in [-0.3, -0.25) is 9.78 Å². The van der Waals surface area contributed by atoms with Crippen LogP contribution in [0.15, 0.2) is 29.6 Å². The van der Waals surface area contributed by atoms with Crippen LogP contribution in [0.5, 0.6) is 0 Å². The van der Waals surface area contributed by atoms with Crippen molar-refractivity contribution in [1.82, 2.24) is 15.3 Å². The third-order valence-electron chi connectivity index (χ3n) is 2.44. The molecule has 0 spiro atoms. The molecular formula is C11H7N3OS2. The van der Waals surface area contributed by atoms with E-state index in [1.807, 2.05) is 18.3 Å². The first-order valence-electron chi connectivity index (χ1n) is 4.90. The predicted molar refractivity (Wildman–Crippen MR) is 72.4 cm³/mol. The zero-order valence-corrected chi connectivity index (χ0v) is 10.2. The Morgan fingerprint density at radius 3 is 3.12 bits per heavy atom. The molecule has 6 heteroatoms. The lowest BCUT2D eigenvalue weighted by Crippen LogP contribution is -2.17. The van der Waals surface area contributed by atoms with Crippen molar-refractivity contribution in [3.05, 3.63) is 35.1 Å². The van der Waals surface area contributed by atoms with Crippen molar-refractivity contribution in [2.24, 2.45) is 0 Å². The highest BCUT2D eigenvalue weighted by atomic mass is 32.2. The quantitative estimate of drug-likeness (QED) is 0.609. The predicted octanol–water partition coefficient (Wildman–Crippen LogP) is 2.05. The van der Waals surface area contributed by atoms with Gasteiger partial charge in [-0.1, -0.05) is 24.0 Å². The molecule has 2 N–H and O–H groups in total. The summed E-state index contributed by atoms with van der Waals surface area (Å²) in [7, 11) is 0. The first-order valence-corrected chi connectivity index (χ1v) is 6.12. The first kappa shape index (κ1) is 10.5.